The Kier molecular flexibility index (Phi) is 5.53. The highest BCUT2D eigenvalue weighted by Crippen LogP contribution is 2.23. The molecule has 6 nitrogen and oxygen atoms in total. The normalized spacial score (nSPS) is 18.0. The Bertz CT molecular complexity index is 1010. The second kappa shape index (κ2) is 8.25. The third kappa shape index (κ3) is 4.27. The van der Waals surface area contributed by atoms with E-state index in [1.54, 1.807) is 0 Å². The third-order valence-corrected chi connectivity index (χ3v) is 5.53. The average molecular weight is 393 g/mol. The Morgan fingerprint density at radius 1 is 1.28 bits per heavy atom. The van der Waals surface area contributed by atoms with Gasteiger partial charge in [0.2, 0.25) is 0 Å². The number of carbonyl (C=O) groups excluding carboxylic acids is 1. The molecule has 1 fully saturated rings. The van der Waals surface area contributed by atoms with E-state index in [1.807, 2.05) is 65.0 Å². The van der Waals surface area contributed by atoms with Gasteiger partial charge in [-0.25, -0.2) is 4.98 Å². The van der Waals surface area contributed by atoms with E-state index in [4.69, 9.17) is 10.5 Å². The van der Waals surface area contributed by atoms with Crippen molar-refractivity contribution in [1.29, 1.82) is 0 Å². The van der Waals surface area contributed by atoms with E-state index >= 15 is 0 Å². The Hall–Kier alpha value is -2.86. The number of ether oxygens (including phenoxy) is 1. The maximum Gasteiger partial charge on any atom is 0.254 e. The van der Waals surface area contributed by atoms with Gasteiger partial charge >= 0.3 is 0 Å². The summed E-state index contributed by atoms with van der Waals surface area (Å²) in [5.74, 6) is 0.694. The van der Waals surface area contributed by atoms with Gasteiger partial charge in [0.25, 0.3) is 5.91 Å². The first-order valence-electron chi connectivity index (χ1n) is 10.2. The number of rotatable bonds is 5. The summed E-state index contributed by atoms with van der Waals surface area (Å²) in [7, 11) is 0. The van der Waals surface area contributed by atoms with Gasteiger partial charge in [-0.1, -0.05) is 12.1 Å². The Balaban J connectivity index is 1.47. The number of amides is 1. The molecule has 2 atom stereocenters. The summed E-state index contributed by atoms with van der Waals surface area (Å²) in [6.45, 7) is 5.14. The number of aryl methyl sites for hydroxylation is 1. The van der Waals surface area contributed by atoms with Crippen molar-refractivity contribution in [3.05, 3.63) is 65.6 Å². The number of nitrogens with zero attached hydrogens (tertiary/aromatic N) is 3. The SMILES string of the molecule is Cc1ccc2nc(COc3cccc(C(=O)N4CCCCC4C(C)N)c3)cn2c1. The molecule has 29 heavy (non-hydrogen) atoms. The van der Waals surface area contributed by atoms with Crippen LogP contribution in [0.15, 0.2) is 48.8 Å². The minimum Gasteiger partial charge on any atom is -0.487 e. The molecule has 2 aromatic heterocycles. The Labute approximate surface area is 171 Å². The highest BCUT2D eigenvalue weighted by Gasteiger charge is 2.29. The lowest BCUT2D eigenvalue weighted by Crippen LogP contribution is -2.51. The van der Waals surface area contributed by atoms with Gasteiger partial charge in [-0.3, -0.25) is 4.79 Å². The number of carbonyl (C=O) groups is 1. The lowest BCUT2D eigenvalue weighted by Gasteiger charge is -2.38. The number of imidazole rings is 1. The number of nitrogens with two attached hydrogens (primary N) is 1. The van der Waals surface area contributed by atoms with Gasteiger partial charge in [0.1, 0.15) is 18.0 Å². The lowest BCUT2D eigenvalue weighted by atomic mass is 9.96. The molecule has 1 aliphatic heterocycles. The van der Waals surface area contributed by atoms with Crippen molar-refractivity contribution < 1.29 is 9.53 Å². The fourth-order valence-electron chi connectivity index (χ4n) is 4.02. The summed E-state index contributed by atoms with van der Waals surface area (Å²) >= 11 is 0. The van der Waals surface area contributed by atoms with Crippen LogP contribution in [-0.4, -0.2) is 38.8 Å². The molecule has 1 aromatic carbocycles. The van der Waals surface area contributed by atoms with Gasteiger partial charge in [0.05, 0.1) is 5.69 Å². The number of aromatic nitrogens is 2. The molecule has 0 saturated carbocycles. The first kappa shape index (κ1) is 19.5. The van der Waals surface area contributed by atoms with Crippen LogP contribution in [0.2, 0.25) is 0 Å². The minimum atomic E-state index is -0.0302. The minimum absolute atomic E-state index is 0.0284. The fourth-order valence-corrected chi connectivity index (χ4v) is 4.02. The molecule has 0 spiro atoms. The molecule has 1 saturated heterocycles. The van der Waals surface area contributed by atoms with E-state index in [-0.39, 0.29) is 18.0 Å². The van der Waals surface area contributed by atoms with Crippen LogP contribution in [0.3, 0.4) is 0 Å². The molecule has 3 heterocycles. The maximum absolute atomic E-state index is 13.1. The van der Waals surface area contributed by atoms with E-state index in [1.165, 1.54) is 5.56 Å². The predicted octanol–water partition coefficient (Wildman–Crippen LogP) is 3.56. The van der Waals surface area contributed by atoms with Crippen LogP contribution in [0.5, 0.6) is 5.75 Å². The zero-order valence-corrected chi connectivity index (χ0v) is 17.0. The van der Waals surface area contributed by atoms with Crippen molar-refractivity contribution in [2.24, 2.45) is 5.73 Å². The Morgan fingerprint density at radius 3 is 2.97 bits per heavy atom. The van der Waals surface area contributed by atoms with Crippen LogP contribution < -0.4 is 10.5 Å². The van der Waals surface area contributed by atoms with Crippen LogP contribution in [0.25, 0.3) is 5.65 Å². The summed E-state index contributed by atoms with van der Waals surface area (Å²) in [5, 5.41) is 0. The number of pyridine rings is 1. The van der Waals surface area contributed by atoms with Crippen LogP contribution in [-0.2, 0) is 6.61 Å². The van der Waals surface area contributed by atoms with Gasteiger partial charge < -0.3 is 19.8 Å². The van der Waals surface area contributed by atoms with Crippen LogP contribution in [0, 0.1) is 6.92 Å². The van der Waals surface area contributed by atoms with E-state index in [2.05, 4.69) is 11.9 Å². The van der Waals surface area contributed by atoms with Crippen LogP contribution in [0.1, 0.15) is 47.8 Å². The number of likely N-dealkylation sites (tertiary alicyclic amines) is 1. The smallest absolute Gasteiger partial charge is 0.254 e. The number of fused-ring (bicyclic) bond motifs is 1. The molecule has 0 bridgehead atoms. The quantitative estimate of drug-likeness (QED) is 0.721. The van der Waals surface area contributed by atoms with Gasteiger partial charge in [-0.2, -0.15) is 0 Å². The first-order chi connectivity index (χ1) is 14.0. The fraction of sp³-hybridized carbons (Fsp3) is 0.391. The number of piperidine rings is 1. The molecule has 2 N–H and O–H groups in total. The number of benzene rings is 1. The summed E-state index contributed by atoms with van der Waals surface area (Å²) in [4.78, 5) is 19.6. The largest absolute Gasteiger partial charge is 0.487 e. The molecule has 3 aromatic rings. The highest BCUT2D eigenvalue weighted by atomic mass is 16.5. The van der Waals surface area contributed by atoms with E-state index in [9.17, 15) is 4.79 Å². The van der Waals surface area contributed by atoms with Gasteiger partial charge in [-0.15, -0.1) is 0 Å². The molecule has 1 aliphatic rings. The van der Waals surface area contributed by atoms with Crippen LogP contribution >= 0.6 is 0 Å². The Morgan fingerprint density at radius 2 is 2.14 bits per heavy atom. The zero-order valence-electron chi connectivity index (χ0n) is 17.0. The van der Waals surface area contributed by atoms with Gasteiger partial charge in [0.15, 0.2) is 0 Å². The van der Waals surface area contributed by atoms with Crippen LogP contribution in [0.4, 0.5) is 0 Å². The van der Waals surface area contributed by atoms with Gasteiger partial charge in [-0.05, 0) is 62.9 Å². The number of hydrogen-bond donors (Lipinski definition) is 1. The van der Waals surface area contributed by atoms with Crippen molar-refractivity contribution in [2.45, 2.75) is 51.8 Å². The maximum atomic E-state index is 13.1. The first-order valence-corrected chi connectivity index (χ1v) is 10.2. The van der Waals surface area contributed by atoms with Crippen molar-refractivity contribution >= 4 is 11.6 Å². The molecule has 1 amide bonds. The van der Waals surface area contributed by atoms with Crippen molar-refractivity contribution in [3.63, 3.8) is 0 Å². The second-order valence-corrected chi connectivity index (χ2v) is 7.94. The molecular weight excluding hydrogens is 364 g/mol. The van der Waals surface area contributed by atoms with Crippen molar-refractivity contribution in [2.75, 3.05) is 6.54 Å². The molecule has 4 rings (SSSR count). The molecule has 2 unspecified atom stereocenters. The summed E-state index contributed by atoms with van der Waals surface area (Å²) in [5.41, 5.74) is 9.69. The average Bonchev–Trinajstić information content (AvgIpc) is 3.14. The summed E-state index contributed by atoms with van der Waals surface area (Å²) in [6.07, 6.45) is 7.13. The monoisotopic (exact) mass is 392 g/mol. The molecule has 152 valence electrons. The van der Waals surface area contributed by atoms with E-state index in [0.29, 0.717) is 17.9 Å². The van der Waals surface area contributed by atoms with Crippen molar-refractivity contribution in [3.8, 4) is 5.75 Å². The second-order valence-electron chi connectivity index (χ2n) is 7.94. The molecule has 0 radical (unpaired) electrons. The zero-order chi connectivity index (χ0) is 20.4. The third-order valence-electron chi connectivity index (χ3n) is 5.53. The van der Waals surface area contributed by atoms with E-state index < -0.39 is 0 Å². The topological polar surface area (TPSA) is 72.9 Å². The van der Waals surface area contributed by atoms with Crippen molar-refractivity contribution in [1.82, 2.24) is 14.3 Å². The van der Waals surface area contributed by atoms with Gasteiger partial charge in [0, 0.05) is 36.6 Å². The lowest BCUT2D eigenvalue weighted by molar-refractivity contribution is 0.0583. The summed E-state index contributed by atoms with van der Waals surface area (Å²) < 4.78 is 7.93. The molecule has 0 aliphatic carbocycles. The number of hydrogen-bond acceptors (Lipinski definition) is 4. The highest BCUT2D eigenvalue weighted by molar-refractivity contribution is 5.95. The summed E-state index contributed by atoms with van der Waals surface area (Å²) in [6, 6.07) is 11.5. The van der Waals surface area contributed by atoms with E-state index in [0.717, 1.165) is 37.1 Å². The predicted molar refractivity (Wildman–Crippen MR) is 113 cm³/mol. The molecular formula is C23H28N4O2. The molecule has 6 heteroatoms. The standard InChI is InChI=1S/C23H28N4O2/c1-16-9-10-22-25-19(14-26(22)13-16)15-29-20-7-5-6-18(12-20)23(28)27-11-4-3-8-21(27)17(2)24/h5-7,9-10,12-14,17,21H,3-4,8,11,15,24H2,1-2H3.